The topological polar surface area (TPSA) is 89.0 Å². The fraction of sp³-hybridized carbons (Fsp3) is 0.350. The molecule has 0 amide bonds. The minimum absolute atomic E-state index is 0.129. The van der Waals surface area contributed by atoms with Gasteiger partial charge in [-0.05, 0) is 31.0 Å². The van der Waals surface area contributed by atoms with Crippen LogP contribution in [0.4, 0.5) is 10.1 Å². The molecule has 2 aromatic carbocycles. The Morgan fingerprint density at radius 3 is 2.72 bits per heavy atom. The van der Waals surface area contributed by atoms with Gasteiger partial charge in [0.25, 0.3) is 10.0 Å². The molecule has 0 spiro atoms. The highest BCUT2D eigenvalue weighted by Crippen LogP contribution is 2.36. The maximum Gasteiger partial charge on any atom is 0.286 e. The van der Waals surface area contributed by atoms with Crippen molar-refractivity contribution in [3.05, 3.63) is 53.8 Å². The molecular weight excluding hydrogens is 397 g/mol. The van der Waals surface area contributed by atoms with Crippen LogP contribution in [0.25, 0.3) is 0 Å². The van der Waals surface area contributed by atoms with Crippen molar-refractivity contribution in [3.63, 3.8) is 0 Å². The molecule has 0 atom stereocenters. The van der Waals surface area contributed by atoms with E-state index in [-0.39, 0.29) is 23.0 Å². The van der Waals surface area contributed by atoms with Crippen molar-refractivity contribution in [2.24, 2.45) is 4.40 Å². The highest BCUT2D eigenvalue weighted by molar-refractivity contribution is 7.90. The van der Waals surface area contributed by atoms with Gasteiger partial charge in [0, 0.05) is 18.8 Å². The maximum atomic E-state index is 15.0. The Kier molecular flexibility index (Phi) is 5.28. The molecular formula is C20H22FN3O4S. The summed E-state index contributed by atoms with van der Waals surface area (Å²) < 4.78 is 54.5. The molecule has 0 unspecified atom stereocenters. The van der Waals surface area contributed by atoms with Crippen LogP contribution in [0.5, 0.6) is 5.75 Å². The van der Waals surface area contributed by atoms with Gasteiger partial charge in [-0.1, -0.05) is 24.3 Å². The van der Waals surface area contributed by atoms with E-state index in [1.165, 1.54) is 13.2 Å². The lowest BCUT2D eigenvalue weighted by Gasteiger charge is -2.39. The van der Waals surface area contributed by atoms with Gasteiger partial charge in [-0.2, -0.15) is 8.42 Å². The summed E-state index contributed by atoms with van der Waals surface area (Å²) in [5.41, 5.74) is 0.231. The number of halogens is 1. The minimum atomic E-state index is -3.78. The van der Waals surface area contributed by atoms with Gasteiger partial charge in [0.15, 0.2) is 11.6 Å². The lowest BCUT2D eigenvalue weighted by Crippen LogP contribution is -2.50. The van der Waals surface area contributed by atoms with E-state index in [0.29, 0.717) is 37.3 Å². The van der Waals surface area contributed by atoms with Crippen LogP contribution in [0.2, 0.25) is 0 Å². The molecule has 0 aliphatic carbocycles. The van der Waals surface area contributed by atoms with E-state index in [4.69, 9.17) is 9.47 Å². The first kappa shape index (κ1) is 19.8. The molecule has 7 nitrogen and oxygen atoms in total. The SMILES string of the molecule is COc1cccc(C2(NCC3=NS(=O)(=O)c4ccccc4N3)CCOCC2)c1F. The Hall–Kier alpha value is -2.49. The Morgan fingerprint density at radius 2 is 1.97 bits per heavy atom. The third-order valence-electron chi connectivity index (χ3n) is 5.31. The van der Waals surface area contributed by atoms with E-state index in [2.05, 4.69) is 15.0 Å². The standard InChI is InChI=1S/C20H22FN3O4S/c1-27-16-7-4-5-14(19(16)21)20(9-11-28-12-10-20)22-13-18-23-15-6-2-3-8-17(15)29(25,26)24-18/h2-8,22H,9-13H2,1H3,(H,23,24). The fourth-order valence-corrected chi connectivity index (χ4v) is 4.94. The van der Waals surface area contributed by atoms with Crippen LogP contribution < -0.4 is 15.4 Å². The van der Waals surface area contributed by atoms with E-state index < -0.39 is 21.4 Å². The van der Waals surface area contributed by atoms with Gasteiger partial charge < -0.3 is 20.1 Å². The van der Waals surface area contributed by atoms with Gasteiger partial charge in [-0.3, -0.25) is 0 Å². The Labute approximate surface area is 169 Å². The van der Waals surface area contributed by atoms with E-state index in [9.17, 15) is 8.42 Å². The van der Waals surface area contributed by atoms with Gasteiger partial charge in [0.05, 0.1) is 24.9 Å². The number of fused-ring (bicyclic) bond motifs is 1. The summed E-state index contributed by atoms with van der Waals surface area (Å²) in [4.78, 5) is 0.142. The van der Waals surface area contributed by atoms with Crippen LogP contribution in [0.3, 0.4) is 0 Å². The second-order valence-corrected chi connectivity index (χ2v) is 8.58. The van der Waals surface area contributed by atoms with Crippen LogP contribution in [0.15, 0.2) is 51.8 Å². The molecule has 29 heavy (non-hydrogen) atoms. The van der Waals surface area contributed by atoms with Crippen LogP contribution in [0, 0.1) is 5.82 Å². The fourth-order valence-electron chi connectivity index (χ4n) is 3.80. The number of hydrogen-bond donors (Lipinski definition) is 2. The zero-order valence-corrected chi connectivity index (χ0v) is 16.8. The van der Waals surface area contributed by atoms with Gasteiger partial charge in [-0.15, -0.1) is 4.40 Å². The Bertz CT molecular complexity index is 1050. The van der Waals surface area contributed by atoms with Crippen LogP contribution >= 0.6 is 0 Å². The first-order chi connectivity index (χ1) is 14.0. The predicted molar refractivity (Wildman–Crippen MR) is 107 cm³/mol. The quantitative estimate of drug-likeness (QED) is 0.775. The molecule has 2 aromatic rings. The first-order valence-corrected chi connectivity index (χ1v) is 10.7. The lowest BCUT2D eigenvalue weighted by molar-refractivity contribution is 0.0370. The Morgan fingerprint density at radius 1 is 1.21 bits per heavy atom. The number of amidine groups is 1. The summed E-state index contributed by atoms with van der Waals surface area (Å²) >= 11 is 0. The number of benzene rings is 2. The number of hydrogen-bond acceptors (Lipinski definition) is 6. The summed E-state index contributed by atoms with van der Waals surface area (Å²) in [6.07, 6.45) is 1.07. The first-order valence-electron chi connectivity index (χ1n) is 9.31. The number of rotatable bonds is 5. The summed E-state index contributed by atoms with van der Waals surface area (Å²) in [5.74, 6) is -0.00131. The van der Waals surface area contributed by atoms with E-state index in [1.807, 2.05) is 0 Å². The number of methoxy groups -OCH3 is 1. The average Bonchev–Trinajstić information content (AvgIpc) is 2.73. The molecule has 2 aliphatic heterocycles. The predicted octanol–water partition coefficient (Wildman–Crippen LogP) is 2.64. The smallest absolute Gasteiger partial charge is 0.286 e. The number of nitrogens with zero attached hydrogens (tertiary/aromatic N) is 1. The summed E-state index contributed by atoms with van der Waals surface area (Å²) in [7, 11) is -2.35. The normalized spacial score (nSPS) is 19.6. The number of nitrogens with one attached hydrogen (secondary N) is 2. The van der Waals surface area contributed by atoms with Crippen LogP contribution in [-0.2, 0) is 20.3 Å². The molecule has 2 heterocycles. The van der Waals surface area contributed by atoms with Gasteiger partial charge in [0.1, 0.15) is 10.7 Å². The zero-order chi connectivity index (χ0) is 20.5. The Balaban J connectivity index is 1.64. The van der Waals surface area contributed by atoms with Crippen molar-refractivity contribution >= 4 is 21.5 Å². The van der Waals surface area contributed by atoms with Crippen LogP contribution in [-0.4, -0.2) is 41.1 Å². The number of anilines is 1. The molecule has 1 saturated heterocycles. The molecule has 1 fully saturated rings. The molecule has 4 rings (SSSR count). The molecule has 0 bridgehead atoms. The van der Waals surface area contributed by atoms with Crippen molar-refractivity contribution in [3.8, 4) is 5.75 Å². The summed E-state index contributed by atoms with van der Waals surface area (Å²) in [6.45, 7) is 1.06. The van der Waals surface area contributed by atoms with Crippen molar-refractivity contribution in [1.29, 1.82) is 0 Å². The summed E-state index contributed by atoms with van der Waals surface area (Å²) in [5, 5.41) is 6.41. The van der Waals surface area contributed by atoms with Gasteiger partial charge in [-0.25, -0.2) is 4.39 Å². The maximum absolute atomic E-state index is 15.0. The van der Waals surface area contributed by atoms with Gasteiger partial charge in [0.2, 0.25) is 0 Å². The average molecular weight is 419 g/mol. The highest BCUT2D eigenvalue weighted by atomic mass is 32.2. The van der Waals surface area contributed by atoms with Crippen molar-refractivity contribution in [2.75, 3.05) is 32.2 Å². The molecule has 0 aromatic heterocycles. The molecule has 2 N–H and O–H groups in total. The molecule has 154 valence electrons. The van der Waals surface area contributed by atoms with Crippen molar-refractivity contribution < 1.29 is 22.3 Å². The lowest BCUT2D eigenvalue weighted by atomic mass is 9.82. The third kappa shape index (κ3) is 3.73. The van der Waals surface area contributed by atoms with Crippen molar-refractivity contribution in [1.82, 2.24) is 5.32 Å². The monoisotopic (exact) mass is 419 g/mol. The molecule has 2 aliphatic rings. The number of para-hydroxylation sites is 1. The van der Waals surface area contributed by atoms with Crippen LogP contribution in [0.1, 0.15) is 18.4 Å². The molecule has 0 radical (unpaired) electrons. The van der Waals surface area contributed by atoms with Gasteiger partial charge >= 0.3 is 0 Å². The number of sulfonamides is 1. The minimum Gasteiger partial charge on any atom is -0.494 e. The zero-order valence-electron chi connectivity index (χ0n) is 15.9. The second-order valence-electron chi connectivity index (χ2n) is 7.00. The van der Waals surface area contributed by atoms with E-state index in [1.54, 1.807) is 36.4 Å². The largest absolute Gasteiger partial charge is 0.494 e. The molecule has 9 heteroatoms. The third-order valence-corrected chi connectivity index (χ3v) is 6.69. The van der Waals surface area contributed by atoms with E-state index >= 15 is 4.39 Å². The second kappa shape index (κ2) is 7.74. The molecule has 0 saturated carbocycles. The van der Waals surface area contributed by atoms with E-state index in [0.717, 1.165) is 0 Å². The summed E-state index contributed by atoms with van der Waals surface area (Å²) in [6, 6.07) is 11.6. The van der Waals surface area contributed by atoms with Crippen molar-refractivity contribution in [2.45, 2.75) is 23.3 Å². The number of ether oxygens (including phenoxy) is 2. The highest BCUT2D eigenvalue weighted by Gasteiger charge is 2.38.